The maximum absolute atomic E-state index is 12.7. The van der Waals surface area contributed by atoms with Crippen LogP contribution in [0.4, 0.5) is 0 Å². The van der Waals surface area contributed by atoms with Crippen LogP contribution in [-0.4, -0.2) is 51.0 Å². The van der Waals surface area contributed by atoms with E-state index < -0.39 is 52.3 Å². The summed E-state index contributed by atoms with van der Waals surface area (Å²) in [6.45, 7) is 18.8. The van der Waals surface area contributed by atoms with Crippen molar-refractivity contribution in [1.29, 1.82) is 0 Å². The topological polar surface area (TPSA) is 141 Å². The maximum atomic E-state index is 12.7. The van der Waals surface area contributed by atoms with Gasteiger partial charge in [0, 0.05) is 17.2 Å². The van der Waals surface area contributed by atoms with Gasteiger partial charge in [0.1, 0.15) is 11.6 Å². The highest BCUT2D eigenvalue weighted by Gasteiger charge is 2.64. The third kappa shape index (κ3) is 4.59. The Morgan fingerprint density at radius 1 is 1.09 bits per heavy atom. The van der Waals surface area contributed by atoms with E-state index in [0.717, 1.165) is 0 Å². The molecule has 1 aromatic rings. The molecule has 35 heavy (non-hydrogen) atoms. The summed E-state index contributed by atoms with van der Waals surface area (Å²) < 4.78 is 28.6. The number of ether oxygens (including phenoxy) is 1. The monoisotopic (exact) mass is 525 g/mol. The smallest absolute Gasteiger partial charge is 0.335 e. The molecule has 2 aliphatic rings. The van der Waals surface area contributed by atoms with Crippen LogP contribution in [0.2, 0.25) is 22.2 Å². The normalized spacial score (nSPS) is 30.3. The molecule has 13 heteroatoms. The average molecular weight is 526 g/mol. The number of azide groups is 1. The van der Waals surface area contributed by atoms with Gasteiger partial charge in [-0.15, -0.1) is 0 Å². The number of nitrogens with zero attached hydrogens (tertiary/aromatic N) is 4. The van der Waals surface area contributed by atoms with Crippen LogP contribution in [0.3, 0.4) is 0 Å². The summed E-state index contributed by atoms with van der Waals surface area (Å²) in [6, 6.07) is 1.24. The Morgan fingerprint density at radius 2 is 1.66 bits per heavy atom. The molecule has 0 aromatic carbocycles. The molecule has 1 N–H and O–H groups in total. The van der Waals surface area contributed by atoms with Gasteiger partial charge in [-0.25, -0.2) is 4.79 Å². The Balaban J connectivity index is 2.23. The van der Waals surface area contributed by atoms with Gasteiger partial charge in [0.15, 0.2) is 6.23 Å². The number of H-pyrrole nitrogens is 1. The molecule has 0 aliphatic carbocycles. The van der Waals surface area contributed by atoms with Gasteiger partial charge in [0.05, 0.1) is 12.7 Å². The van der Waals surface area contributed by atoms with Crippen molar-refractivity contribution in [1.82, 2.24) is 9.55 Å². The van der Waals surface area contributed by atoms with E-state index in [-0.39, 0.29) is 28.8 Å². The fourth-order valence-corrected chi connectivity index (χ4v) is 16.8. The van der Waals surface area contributed by atoms with E-state index in [4.69, 9.17) is 17.7 Å². The molecule has 2 saturated heterocycles. The summed E-state index contributed by atoms with van der Waals surface area (Å²) in [7, 11) is -5.80. The predicted molar refractivity (Wildman–Crippen MR) is 137 cm³/mol. The molecule has 196 valence electrons. The first-order valence-electron chi connectivity index (χ1n) is 12.3. The lowest BCUT2D eigenvalue weighted by atomic mass is 9.93. The molecule has 1 unspecified atom stereocenters. The van der Waals surface area contributed by atoms with E-state index in [1.54, 1.807) is 6.92 Å². The van der Waals surface area contributed by atoms with Gasteiger partial charge in [-0.1, -0.05) is 60.5 Å². The van der Waals surface area contributed by atoms with Crippen LogP contribution in [0.25, 0.3) is 10.4 Å². The molecular formula is C22H39N5O6Si2. The van der Waals surface area contributed by atoms with Crippen molar-refractivity contribution in [3.63, 3.8) is 0 Å². The number of aromatic amines is 1. The summed E-state index contributed by atoms with van der Waals surface area (Å²) in [5.74, 6) is 0. The molecule has 2 aliphatic heterocycles. The Bertz CT molecular complexity index is 1070. The highest BCUT2D eigenvalue weighted by molar-refractivity contribution is 6.84. The SMILES string of the molecule is CC(C)[Si]1(C(C)C)OC[C@H]2OC(n3ccc(=O)[nH]c3=O)[C@](C)(N=[N+]=[N-])[C@@H]2O[Si](C(C)C)(C(C)C)O1. The fraction of sp³-hybridized carbons (Fsp3) is 0.818. The van der Waals surface area contributed by atoms with E-state index in [9.17, 15) is 15.1 Å². The van der Waals surface area contributed by atoms with E-state index >= 15 is 0 Å². The summed E-state index contributed by atoms with van der Waals surface area (Å²) in [4.78, 5) is 29.7. The van der Waals surface area contributed by atoms with Crippen molar-refractivity contribution in [2.75, 3.05) is 6.61 Å². The van der Waals surface area contributed by atoms with E-state index in [0.29, 0.717) is 0 Å². The molecule has 0 saturated carbocycles. The van der Waals surface area contributed by atoms with Crippen molar-refractivity contribution in [2.45, 2.75) is 108 Å². The zero-order valence-electron chi connectivity index (χ0n) is 22.1. The van der Waals surface area contributed by atoms with Gasteiger partial charge < -0.3 is 17.7 Å². The third-order valence-electron chi connectivity index (χ3n) is 7.40. The number of fused-ring (bicyclic) bond motifs is 1. The first-order valence-corrected chi connectivity index (χ1v) is 16.2. The molecule has 2 fully saturated rings. The largest absolute Gasteiger partial charge is 0.414 e. The molecule has 0 radical (unpaired) electrons. The molecule has 3 heterocycles. The predicted octanol–water partition coefficient (Wildman–Crippen LogP) is 4.46. The lowest BCUT2D eigenvalue weighted by Gasteiger charge is -2.52. The molecule has 0 spiro atoms. The molecule has 1 aromatic heterocycles. The Kier molecular flexibility index (Phi) is 7.93. The first-order chi connectivity index (χ1) is 16.2. The quantitative estimate of drug-likeness (QED) is 0.252. The van der Waals surface area contributed by atoms with E-state index in [1.165, 1.54) is 16.8 Å². The summed E-state index contributed by atoms with van der Waals surface area (Å²) in [6.07, 6.45) is -0.971. The number of hydrogen-bond donors (Lipinski definition) is 1. The number of rotatable bonds is 6. The Morgan fingerprint density at radius 3 is 2.14 bits per heavy atom. The van der Waals surface area contributed by atoms with Gasteiger partial charge >= 0.3 is 22.8 Å². The van der Waals surface area contributed by atoms with Gasteiger partial charge in [-0.2, -0.15) is 0 Å². The van der Waals surface area contributed by atoms with Gasteiger partial charge in [0.25, 0.3) is 5.56 Å². The highest BCUT2D eigenvalue weighted by Crippen LogP contribution is 2.51. The highest BCUT2D eigenvalue weighted by atomic mass is 28.5. The third-order valence-corrected chi connectivity index (χ3v) is 17.6. The van der Waals surface area contributed by atoms with Gasteiger partial charge in [0.2, 0.25) is 0 Å². The lowest BCUT2D eigenvalue weighted by Crippen LogP contribution is -2.66. The second-order valence-corrected chi connectivity index (χ2v) is 19.8. The maximum Gasteiger partial charge on any atom is 0.335 e. The minimum atomic E-state index is -3.01. The molecule has 11 nitrogen and oxygen atoms in total. The van der Waals surface area contributed by atoms with Crippen LogP contribution in [0.15, 0.2) is 27.0 Å². The minimum Gasteiger partial charge on any atom is -0.414 e. The van der Waals surface area contributed by atoms with Crippen molar-refractivity contribution >= 4 is 17.1 Å². The van der Waals surface area contributed by atoms with Crippen LogP contribution in [0.1, 0.15) is 68.5 Å². The molecule has 4 atom stereocenters. The standard InChI is InChI=1S/C22H39N5O6Si2/c1-13(2)34(14(3)4)30-12-17-19(32-35(33-34,15(5)6)16(7)8)22(9,25-26-23)20(31-17)27-11-10-18(28)24-21(27)29/h10-11,13-17,19-20H,12H2,1-9H3,(H,24,28,29)/t17-,19-,20?,22-/m1/s1. The van der Waals surface area contributed by atoms with Crippen molar-refractivity contribution < 1.29 is 17.7 Å². The number of nitrogens with one attached hydrogen (secondary N) is 1. The second-order valence-electron chi connectivity index (χ2n) is 11.0. The molecular weight excluding hydrogens is 486 g/mol. The number of hydrogen-bond acceptors (Lipinski definition) is 7. The average Bonchev–Trinajstić information content (AvgIpc) is 2.98. The lowest BCUT2D eigenvalue weighted by molar-refractivity contribution is -0.0576. The molecule has 0 amide bonds. The summed E-state index contributed by atoms with van der Waals surface area (Å²) in [5.41, 5.74) is 7.51. The van der Waals surface area contributed by atoms with Crippen LogP contribution >= 0.6 is 0 Å². The van der Waals surface area contributed by atoms with Crippen LogP contribution in [-0.2, 0) is 17.7 Å². The van der Waals surface area contributed by atoms with E-state index in [2.05, 4.69) is 70.4 Å². The van der Waals surface area contributed by atoms with Gasteiger partial charge in [-0.3, -0.25) is 14.3 Å². The van der Waals surface area contributed by atoms with Crippen LogP contribution < -0.4 is 11.2 Å². The Hall–Kier alpha value is -1.74. The zero-order chi connectivity index (χ0) is 26.3. The first kappa shape index (κ1) is 27.8. The molecule has 0 bridgehead atoms. The van der Waals surface area contributed by atoms with Crippen LogP contribution in [0, 0.1) is 0 Å². The van der Waals surface area contributed by atoms with Crippen LogP contribution in [0.5, 0.6) is 0 Å². The van der Waals surface area contributed by atoms with E-state index in [1.807, 2.05) is 0 Å². The van der Waals surface area contributed by atoms with Crippen molar-refractivity contribution in [3.8, 4) is 0 Å². The second kappa shape index (κ2) is 9.96. The van der Waals surface area contributed by atoms with Gasteiger partial charge in [-0.05, 0) is 34.6 Å². The number of aromatic nitrogens is 2. The minimum absolute atomic E-state index is 0.0689. The van der Waals surface area contributed by atoms with Crippen molar-refractivity contribution in [3.05, 3.63) is 43.5 Å². The zero-order valence-corrected chi connectivity index (χ0v) is 24.1. The summed E-state index contributed by atoms with van der Waals surface area (Å²) in [5, 5.41) is 4.13. The fourth-order valence-electron chi connectivity index (χ4n) is 5.50. The van der Waals surface area contributed by atoms with Crippen molar-refractivity contribution in [2.24, 2.45) is 5.11 Å². The summed E-state index contributed by atoms with van der Waals surface area (Å²) >= 11 is 0. The Labute approximate surface area is 208 Å². The molecule has 3 rings (SSSR count).